The molecule has 0 radical (unpaired) electrons. The van der Waals surface area contributed by atoms with Crippen LogP contribution in [0.2, 0.25) is 0 Å². The highest BCUT2D eigenvalue weighted by atomic mass is 32.2. The third kappa shape index (κ3) is 2.81. The van der Waals surface area contributed by atoms with Crippen LogP contribution in [0.4, 0.5) is 0 Å². The number of piperidine rings is 2. The van der Waals surface area contributed by atoms with Crippen LogP contribution in [-0.4, -0.2) is 49.2 Å². The van der Waals surface area contributed by atoms with Crippen molar-refractivity contribution < 1.29 is 8.42 Å². The summed E-state index contributed by atoms with van der Waals surface area (Å²) in [4.78, 5) is 0. The molecular weight excluding hydrogens is 238 g/mol. The average molecular weight is 261 g/mol. The highest BCUT2D eigenvalue weighted by molar-refractivity contribution is 7.86. The predicted molar refractivity (Wildman–Crippen MR) is 67.7 cm³/mol. The van der Waals surface area contributed by atoms with Crippen molar-refractivity contribution in [2.45, 2.75) is 38.6 Å². The lowest BCUT2D eigenvalue weighted by Gasteiger charge is -2.38. The molecule has 2 heterocycles. The first-order chi connectivity index (χ1) is 8.01. The topological polar surface area (TPSA) is 66.6 Å². The Morgan fingerprint density at radius 2 is 1.71 bits per heavy atom. The first kappa shape index (κ1) is 13.3. The summed E-state index contributed by atoms with van der Waals surface area (Å²) in [5.74, 6) is 0.253. The average Bonchev–Trinajstić information content (AvgIpc) is 2.33. The van der Waals surface area contributed by atoms with Crippen LogP contribution in [0, 0.1) is 5.92 Å². The Labute approximate surface area is 104 Å². The van der Waals surface area contributed by atoms with E-state index in [0.29, 0.717) is 26.2 Å². The maximum absolute atomic E-state index is 12.4. The van der Waals surface area contributed by atoms with E-state index < -0.39 is 10.2 Å². The van der Waals surface area contributed by atoms with Gasteiger partial charge in [0.05, 0.1) is 0 Å². The quantitative estimate of drug-likeness (QED) is 0.782. The van der Waals surface area contributed by atoms with Crippen molar-refractivity contribution in [2.24, 2.45) is 11.7 Å². The van der Waals surface area contributed by atoms with Crippen LogP contribution >= 0.6 is 0 Å². The van der Waals surface area contributed by atoms with Crippen LogP contribution in [0.1, 0.15) is 32.6 Å². The van der Waals surface area contributed by atoms with Gasteiger partial charge < -0.3 is 5.73 Å². The zero-order valence-corrected chi connectivity index (χ0v) is 11.3. The fraction of sp³-hybridized carbons (Fsp3) is 1.00. The summed E-state index contributed by atoms with van der Waals surface area (Å²) in [5.41, 5.74) is 5.93. The van der Waals surface area contributed by atoms with Gasteiger partial charge in [-0.3, -0.25) is 0 Å². The SMILES string of the molecule is CC1CN(S(=O)(=O)N2CCCCC2)CCC1N. The molecule has 100 valence electrons. The van der Waals surface area contributed by atoms with Crippen LogP contribution in [0.15, 0.2) is 0 Å². The van der Waals surface area contributed by atoms with Crippen molar-refractivity contribution in [1.29, 1.82) is 0 Å². The van der Waals surface area contributed by atoms with Gasteiger partial charge in [-0.1, -0.05) is 13.3 Å². The first-order valence-electron chi connectivity index (χ1n) is 6.52. The van der Waals surface area contributed by atoms with E-state index in [1.54, 1.807) is 8.61 Å². The van der Waals surface area contributed by atoms with E-state index in [4.69, 9.17) is 5.73 Å². The molecule has 0 amide bonds. The van der Waals surface area contributed by atoms with Crippen LogP contribution in [0.3, 0.4) is 0 Å². The molecule has 2 unspecified atom stereocenters. The zero-order chi connectivity index (χ0) is 12.5. The smallest absolute Gasteiger partial charge is 0.281 e. The van der Waals surface area contributed by atoms with Gasteiger partial charge in [0.2, 0.25) is 0 Å². The molecule has 2 fully saturated rings. The highest BCUT2D eigenvalue weighted by Crippen LogP contribution is 2.22. The van der Waals surface area contributed by atoms with Crippen LogP contribution in [0.25, 0.3) is 0 Å². The molecular formula is C11H23N3O2S. The monoisotopic (exact) mass is 261 g/mol. The maximum atomic E-state index is 12.4. The molecule has 2 N–H and O–H groups in total. The van der Waals surface area contributed by atoms with E-state index in [2.05, 4.69) is 0 Å². The summed E-state index contributed by atoms with van der Waals surface area (Å²) in [6.45, 7) is 4.53. The van der Waals surface area contributed by atoms with E-state index in [-0.39, 0.29) is 12.0 Å². The van der Waals surface area contributed by atoms with E-state index >= 15 is 0 Å². The van der Waals surface area contributed by atoms with Crippen molar-refractivity contribution >= 4 is 10.2 Å². The second kappa shape index (κ2) is 5.22. The second-order valence-corrected chi connectivity index (χ2v) is 7.18. The third-order valence-corrected chi connectivity index (χ3v) is 5.90. The van der Waals surface area contributed by atoms with Gasteiger partial charge in [-0.15, -0.1) is 0 Å². The molecule has 2 aliphatic heterocycles. The molecule has 2 saturated heterocycles. The minimum Gasteiger partial charge on any atom is -0.327 e. The maximum Gasteiger partial charge on any atom is 0.281 e. The Balaban J connectivity index is 2.04. The Bertz CT molecular complexity index is 352. The van der Waals surface area contributed by atoms with Gasteiger partial charge in [0.25, 0.3) is 10.2 Å². The number of nitrogens with zero attached hydrogens (tertiary/aromatic N) is 2. The normalized spacial score (nSPS) is 33.8. The van der Waals surface area contributed by atoms with Crippen molar-refractivity contribution in [3.8, 4) is 0 Å². The van der Waals surface area contributed by atoms with Gasteiger partial charge in [-0.25, -0.2) is 0 Å². The molecule has 0 aromatic carbocycles. The molecule has 5 nitrogen and oxygen atoms in total. The highest BCUT2D eigenvalue weighted by Gasteiger charge is 2.35. The Morgan fingerprint density at radius 1 is 1.06 bits per heavy atom. The minimum absolute atomic E-state index is 0.141. The molecule has 0 aromatic heterocycles. The first-order valence-corrected chi connectivity index (χ1v) is 7.92. The van der Waals surface area contributed by atoms with E-state index in [1.165, 1.54) is 0 Å². The van der Waals surface area contributed by atoms with Crippen LogP contribution in [-0.2, 0) is 10.2 Å². The lowest BCUT2D eigenvalue weighted by atomic mass is 9.96. The van der Waals surface area contributed by atoms with Crippen LogP contribution < -0.4 is 5.73 Å². The molecule has 0 aliphatic carbocycles. The van der Waals surface area contributed by atoms with E-state index in [9.17, 15) is 8.42 Å². The third-order valence-electron chi connectivity index (χ3n) is 3.90. The largest absolute Gasteiger partial charge is 0.327 e. The molecule has 0 bridgehead atoms. The van der Waals surface area contributed by atoms with Crippen molar-refractivity contribution in [2.75, 3.05) is 26.2 Å². The van der Waals surface area contributed by atoms with Crippen molar-refractivity contribution in [3.63, 3.8) is 0 Å². The predicted octanol–water partition coefficient (Wildman–Crippen LogP) is 0.386. The van der Waals surface area contributed by atoms with Crippen molar-refractivity contribution in [3.05, 3.63) is 0 Å². The van der Waals surface area contributed by atoms with Gasteiger partial charge in [0, 0.05) is 32.2 Å². The molecule has 17 heavy (non-hydrogen) atoms. The summed E-state index contributed by atoms with van der Waals surface area (Å²) in [6, 6.07) is 0.141. The minimum atomic E-state index is -3.23. The summed E-state index contributed by atoms with van der Waals surface area (Å²) in [7, 11) is -3.23. The Hall–Kier alpha value is -0.170. The Morgan fingerprint density at radius 3 is 2.29 bits per heavy atom. The Kier molecular flexibility index (Phi) is 4.07. The number of nitrogens with two attached hydrogens (primary N) is 1. The van der Waals surface area contributed by atoms with Gasteiger partial charge in [0.1, 0.15) is 0 Å². The molecule has 0 saturated carbocycles. The van der Waals surface area contributed by atoms with Gasteiger partial charge in [-0.2, -0.15) is 17.0 Å². The molecule has 2 rings (SSSR count). The molecule has 0 spiro atoms. The van der Waals surface area contributed by atoms with Crippen molar-refractivity contribution in [1.82, 2.24) is 8.61 Å². The molecule has 2 aliphatic rings. The summed E-state index contributed by atoms with van der Waals surface area (Å²) >= 11 is 0. The van der Waals surface area contributed by atoms with E-state index in [1.807, 2.05) is 6.92 Å². The number of rotatable bonds is 2. The molecule has 6 heteroatoms. The summed E-state index contributed by atoms with van der Waals surface area (Å²) in [6.07, 6.45) is 3.89. The number of hydrogen-bond acceptors (Lipinski definition) is 3. The lowest BCUT2D eigenvalue weighted by molar-refractivity contribution is 0.227. The standard InChI is InChI=1S/C11H23N3O2S/c1-10-9-14(8-5-11(10)12)17(15,16)13-6-3-2-4-7-13/h10-11H,2-9,12H2,1H3. The molecule has 2 atom stereocenters. The van der Waals surface area contributed by atoms with Gasteiger partial charge in [-0.05, 0) is 25.2 Å². The fourth-order valence-corrected chi connectivity index (χ4v) is 4.40. The van der Waals surface area contributed by atoms with E-state index in [0.717, 1.165) is 25.7 Å². The summed E-state index contributed by atoms with van der Waals surface area (Å²) < 4.78 is 28.1. The fourth-order valence-electron chi connectivity index (χ4n) is 2.59. The summed E-state index contributed by atoms with van der Waals surface area (Å²) in [5, 5.41) is 0. The number of hydrogen-bond donors (Lipinski definition) is 1. The lowest BCUT2D eigenvalue weighted by Crippen LogP contribution is -2.53. The second-order valence-electron chi connectivity index (χ2n) is 5.26. The van der Waals surface area contributed by atoms with Crippen LogP contribution in [0.5, 0.6) is 0 Å². The zero-order valence-electron chi connectivity index (χ0n) is 10.5. The molecule has 0 aromatic rings. The van der Waals surface area contributed by atoms with Gasteiger partial charge >= 0.3 is 0 Å². The van der Waals surface area contributed by atoms with Gasteiger partial charge in [0.15, 0.2) is 0 Å².